The number of halogens is 1. The zero-order valence-electron chi connectivity index (χ0n) is 20.9. The number of carbonyl (C=O) groups excluding carboxylic acids is 3. The van der Waals surface area contributed by atoms with E-state index >= 15 is 0 Å². The van der Waals surface area contributed by atoms with Crippen molar-refractivity contribution in [1.29, 1.82) is 0 Å². The zero-order chi connectivity index (χ0) is 26.9. The van der Waals surface area contributed by atoms with Crippen LogP contribution in [0.1, 0.15) is 39.0 Å². The molecule has 1 N–H and O–H groups in total. The molecule has 1 fully saturated rings. The van der Waals surface area contributed by atoms with Crippen LogP contribution in [0.2, 0.25) is 5.02 Å². The van der Waals surface area contributed by atoms with E-state index in [0.29, 0.717) is 16.8 Å². The summed E-state index contributed by atoms with van der Waals surface area (Å²) in [7, 11) is 0. The lowest BCUT2D eigenvalue weighted by Gasteiger charge is -2.39. The number of para-hydroxylation sites is 2. The zero-order valence-corrected chi connectivity index (χ0v) is 21.7. The van der Waals surface area contributed by atoms with Gasteiger partial charge in [0.1, 0.15) is 11.5 Å². The average Bonchev–Trinajstić information content (AvgIpc) is 3.66. The van der Waals surface area contributed by atoms with Gasteiger partial charge in [0.2, 0.25) is 11.7 Å². The van der Waals surface area contributed by atoms with Crippen LogP contribution >= 0.6 is 11.6 Å². The highest BCUT2D eigenvalue weighted by Gasteiger charge is 2.70. The van der Waals surface area contributed by atoms with Gasteiger partial charge in [-0.1, -0.05) is 66.2 Å². The Morgan fingerprint density at radius 3 is 2.46 bits per heavy atom. The largest absolute Gasteiger partial charge is 0.461 e. The summed E-state index contributed by atoms with van der Waals surface area (Å²) in [6.45, 7) is 2.00. The molecule has 4 atom stereocenters. The highest BCUT2D eigenvalue weighted by Crippen LogP contribution is 2.59. The average molecular weight is 535 g/mol. The lowest BCUT2D eigenvalue weighted by atomic mass is 9.64. The highest BCUT2D eigenvalue weighted by atomic mass is 35.5. The number of allylic oxidation sites excluding steroid dienone is 1. The molecule has 0 radical (unpaired) electrons. The molecule has 0 bridgehead atoms. The molecule has 4 heterocycles. The second kappa shape index (κ2) is 8.55. The molecule has 4 aromatic rings. The molecule has 3 aliphatic heterocycles. The molecule has 0 aliphatic carbocycles. The molecular weight excluding hydrogens is 512 g/mol. The molecule has 3 aliphatic rings. The molecule has 39 heavy (non-hydrogen) atoms. The number of benzene rings is 3. The standard InChI is InChI=1S/C32H23ClN2O4/c1-18-17-26-32(21-11-4-6-13-23(21)34-31(32)38)27(30(37)25-15-8-16-39-25)28(29(36)20-10-2-5-12-22(20)33)35(26)24-14-7-3-9-19(18)24/h2-17,26-28H,1H3,(H,34,38)/t26-,27-,28+,32-/m0/s1. The van der Waals surface area contributed by atoms with Crippen molar-refractivity contribution in [2.45, 2.75) is 24.4 Å². The third kappa shape index (κ3) is 3.12. The summed E-state index contributed by atoms with van der Waals surface area (Å²) in [5.41, 5.74) is 2.93. The lowest BCUT2D eigenvalue weighted by molar-refractivity contribution is -0.121. The van der Waals surface area contributed by atoms with E-state index in [-0.39, 0.29) is 22.5 Å². The van der Waals surface area contributed by atoms with Crippen LogP contribution in [0.5, 0.6) is 0 Å². The molecule has 1 saturated heterocycles. The van der Waals surface area contributed by atoms with Gasteiger partial charge in [0.25, 0.3) is 0 Å². The van der Waals surface area contributed by atoms with Crippen molar-refractivity contribution in [3.63, 3.8) is 0 Å². The summed E-state index contributed by atoms with van der Waals surface area (Å²) in [5, 5.41) is 3.32. The number of nitrogens with zero attached hydrogens (tertiary/aromatic N) is 1. The van der Waals surface area contributed by atoms with Gasteiger partial charge in [0.05, 0.1) is 23.2 Å². The molecule has 3 aromatic carbocycles. The van der Waals surface area contributed by atoms with Crippen LogP contribution in [0.25, 0.3) is 5.57 Å². The van der Waals surface area contributed by atoms with Crippen molar-refractivity contribution in [1.82, 2.24) is 0 Å². The third-order valence-corrected chi connectivity index (χ3v) is 8.67. The molecule has 6 nitrogen and oxygen atoms in total. The minimum atomic E-state index is -1.39. The molecule has 0 saturated carbocycles. The van der Waals surface area contributed by atoms with Crippen LogP contribution in [0.3, 0.4) is 0 Å². The monoisotopic (exact) mass is 534 g/mol. The predicted octanol–water partition coefficient (Wildman–Crippen LogP) is 6.18. The first-order valence-electron chi connectivity index (χ1n) is 12.8. The molecule has 1 spiro atoms. The summed E-state index contributed by atoms with van der Waals surface area (Å²) in [6, 6.07) is 23.6. The first-order valence-corrected chi connectivity index (χ1v) is 13.2. The topological polar surface area (TPSA) is 79.6 Å². The molecule has 0 unspecified atom stereocenters. The van der Waals surface area contributed by atoms with Crippen LogP contribution in [0.15, 0.2) is 102 Å². The number of Topliss-reactive ketones (excluding diaryl/α,β-unsaturated/α-hetero) is 2. The van der Waals surface area contributed by atoms with Gasteiger partial charge >= 0.3 is 0 Å². The van der Waals surface area contributed by atoms with Crippen molar-refractivity contribution in [3.8, 4) is 0 Å². The Morgan fingerprint density at radius 1 is 0.923 bits per heavy atom. The second-order valence-electron chi connectivity index (χ2n) is 10.2. The molecule has 7 rings (SSSR count). The smallest absolute Gasteiger partial charge is 0.238 e. The van der Waals surface area contributed by atoms with E-state index in [1.165, 1.54) is 6.26 Å². The number of carbonyl (C=O) groups is 3. The van der Waals surface area contributed by atoms with E-state index in [2.05, 4.69) is 5.32 Å². The maximum absolute atomic E-state index is 14.6. The Balaban J connectivity index is 1.57. The van der Waals surface area contributed by atoms with Gasteiger partial charge in [0.15, 0.2) is 11.5 Å². The van der Waals surface area contributed by atoms with Crippen LogP contribution in [0.4, 0.5) is 11.4 Å². The van der Waals surface area contributed by atoms with E-state index in [0.717, 1.165) is 16.8 Å². The number of fused-ring (bicyclic) bond motifs is 6. The van der Waals surface area contributed by atoms with Crippen molar-refractivity contribution >= 4 is 46.0 Å². The fraction of sp³-hybridized carbons (Fsp3) is 0.156. The van der Waals surface area contributed by atoms with E-state index < -0.39 is 29.2 Å². The van der Waals surface area contributed by atoms with Crippen molar-refractivity contribution in [2.24, 2.45) is 5.92 Å². The summed E-state index contributed by atoms with van der Waals surface area (Å²) < 4.78 is 5.58. The second-order valence-corrected chi connectivity index (χ2v) is 10.6. The van der Waals surface area contributed by atoms with Crippen molar-refractivity contribution in [2.75, 3.05) is 10.2 Å². The number of ketones is 2. The first-order chi connectivity index (χ1) is 18.9. The normalized spacial score (nSPS) is 24.6. The number of amides is 1. The number of rotatable bonds is 4. The van der Waals surface area contributed by atoms with Crippen molar-refractivity contribution < 1.29 is 18.8 Å². The number of furan rings is 1. The molecule has 1 aromatic heterocycles. The Bertz CT molecular complexity index is 1710. The van der Waals surface area contributed by atoms with Crippen LogP contribution in [-0.2, 0) is 10.2 Å². The predicted molar refractivity (Wildman–Crippen MR) is 149 cm³/mol. The Hall–Kier alpha value is -4.42. The molecule has 1 amide bonds. The Kier molecular flexibility index (Phi) is 5.19. The highest BCUT2D eigenvalue weighted by molar-refractivity contribution is 6.34. The summed E-state index contributed by atoms with van der Waals surface area (Å²) in [6.07, 6.45) is 3.45. The first kappa shape index (κ1) is 23.7. The van der Waals surface area contributed by atoms with Crippen LogP contribution in [-0.4, -0.2) is 29.6 Å². The van der Waals surface area contributed by atoms with Gasteiger partial charge in [-0.3, -0.25) is 14.4 Å². The summed E-state index contributed by atoms with van der Waals surface area (Å²) in [5.74, 6) is -2.05. The van der Waals surface area contributed by atoms with Crippen LogP contribution < -0.4 is 10.2 Å². The fourth-order valence-electron chi connectivity index (χ4n) is 6.78. The van der Waals surface area contributed by atoms with Gasteiger partial charge in [-0.15, -0.1) is 0 Å². The van der Waals surface area contributed by atoms with E-state index in [1.807, 2.05) is 66.4 Å². The number of anilines is 2. The molecule has 192 valence electrons. The van der Waals surface area contributed by atoms with Gasteiger partial charge in [-0.05, 0) is 54.5 Å². The van der Waals surface area contributed by atoms with Gasteiger partial charge in [-0.2, -0.15) is 0 Å². The van der Waals surface area contributed by atoms with E-state index in [4.69, 9.17) is 16.0 Å². The van der Waals surface area contributed by atoms with Gasteiger partial charge < -0.3 is 14.6 Å². The van der Waals surface area contributed by atoms with Crippen LogP contribution in [0, 0.1) is 5.92 Å². The number of hydrogen-bond donors (Lipinski definition) is 1. The SMILES string of the molecule is CC1=C[C@@H]2N(c3ccccc31)[C@@H](C(=O)c1ccccc1Cl)[C@@H](C(=O)c1ccco1)[C@@]21C(=O)Nc2ccccc21. The summed E-state index contributed by atoms with van der Waals surface area (Å²) in [4.78, 5) is 45.3. The van der Waals surface area contributed by atoms with E-state index in [1.54, 1.807) is 36.4 Å². The minimum Gasteiger partial charge on any atom is -0.461 e. The number of nitrogens with one attached hydrogen (secondary N) is 1. The fourth-order valence-corrected chi connectivity index (χ4v) is 7.01. The van der Waals surface area contributed by atoms with Crippen molar-refractivity contribution in [3.05, 3.63) is 125 Å². The lowest BCUT2D eigenvalue weighted by Crippen LogP contribution is -2.51. The number of hydrogen-bond acceptors (Lipinski definition) is 5. The maximum Gasteiger partial charge on any atom is 0.238 e. The molecular formula is C32H23ClN2O4. The molecule has 7 heteroatoms. The quantitative estimate of drug-likeness (QED) is 0.316. The minimum absolute atomic E-state index is 0.0994. The Labute approximate surface area is 229 Å². The Morgan fingerprint density at radius 2 is 1.67 bits per heavy atom. The van der Waals surface area contributed by atoms with E-state index in [9.17, 15) is 14.4 Å². The summed E-state index contributed by atoms with van der Waals surface area (Å²) >= 11 is 6.55. The van der Waals surface area contributed by atoms with Gasteiger partial charge in [0, 0.05) is 22.5 Å². The van der Waals surface area contributed by atoms with Gasteiger partial charge in [-0.25, -0.2) is 0 Å². The third-order valence-electron chi connectivity index (χ3n) is 8.34. The maximum atomic E-state index is 14.6.